The van der Waals surface area contributed by atoms with E-state index in [-0.39, 0.29) is 0 Å². The molecule has 0 N–H and O–H groups in total. The quantitative estimate of drug-likeness (QED) is 0.183. The highest BCUT2D eigenvalue weighted by Crippen LogP contribution is 2.39. The molecule has 0 spiro atoms. The van der Waals surface area contributed by atoms with Gasteiger partial charge in [0.25, 0.3) is 0 Å². The minimum atomic E-state index is 0.551. The fourth-order valence-corrected chi connectivity index (χ4v) is 8.66. The molecule has 0 fully saturated rings. The lowest BCUT2D eigenvalue weighted by Crippen LogP contribution is -1.94. The summed E-state index contributed by atoms with van der Waals surface area (Å²) in [4.78, 5) is 9.80. The van der Waals surface area contributed by atoms with Crippen molar-refractivity contribution in [3.8, 4) is 33.8 Å². The molecule has 0 atom stereocenters. The van der Waals surface area contributed by atoms with E-state index in [1.54, 1.807) is 6.20 Å². The summed E-state index contributed by atoms with van der Waals surface area (Å²) in [7, 11) is 0. The van der Waals surface area contributed by atoms with E-state index >= 15 is 0 Å². The Morgan fingerprint density at radius 3 is 1.64 bits per heavy atom. The van der Waals surface area contributed by atoms with Crippen molar-refractivity contribution in [2.45, 2.75) is 0 Å². The lowest BCUT2D eigenvalue weighted by Gasteiger charge is -2.10. The minimum Gasteiger partial charge on any atom is -0.436 e. The third-order valence-electron chi connectivity index (χ3n) is 11.2. The second kappa shape index (κ2) is 11.5. The summed E-state index contributed by atoms with van der Waals surface area (Å²) >= 11 is 0. The summed E-state index contributed by atoms with van der Waals surface area (Å²) in [5.41, 5.74) is 13.3. The average Bonchev–Trinajstić information content (AvgIpc) is 3.91. The zero-order chi connectivity index (χ0) is 36.0. The molecule has 0 radical (unpaired) electrons. The molecule has 5 nitrogen and oxygen atoms in total. The lowest BCUT2D eigenvalue weighted by atomic mass is 10.0. The van der Waals surface area contributed by atoms with Crippen LogP contribution in [0.3, 0.4) is 0 Å². The predicted molar refractivity (Wildman–Crippen MR) is 226 cm³/mol. The third-order valence-corrected chi connectivity index (χ3v) is 11.2. The average molecular weight is 703 g/mol. The van der Waals surface area contributed by atoms with Gasteiger partial charge >= 0.3 is 0 Å². The van der Waals surface area contributed by atoms with E-state index < -0.39 is 0 Å². The van der Waals surface area contributed by atoms with Gasteiger partial charge in [-0.05, 0) is 88.6 Å². The number of hydrogen-bond acceptors (Lipinski definition) is 3. The molecule has 12 aromatic rings. The van der Waals surface area contributed by atoms with E-state index in [4.69, 9.17) is 14.4 Å². The van der Waals surface area contributed by atoms with Crippen LogP contribution in [0, 0.1) is 0 Å². The van der Waals surface area contributed by atoms with Gasteiger partial charge in [0.05, 0.1) is 39.3 Å². The SMILES string of the molecule is c1ccc(-n2c3ccccc3c3cc(-c4ccc5c(c4)c4ccccc4n5-c4ccc(-c5cnc6oc7ccc8ccccc8c7c6n5)cc4)ccc32)cc1. The monoisotopic (exact) mass is 702 g/mol. The minimum absolute atomic E-state index is 0.551. The molecule has 55 heavy (non-hydrogen) atoms. The molecule has 0 aliphatic heterocycles. The van der Waals surface area contributed by atoms with Crippen molar-refractivity contribution in [2.24, 2.45) is 0 Å². The maximum absolute atomic E-state index is 6.11. The van der Waals surface area contributed by atoms with Gasteiger partial charge in [-0.25, -0.2) is 9.97 Å². The highest BCUT2D eigenvalue weighted by Gasteiger charge is 2.18. The lowest BCUT2D eigenvalue weighted by molar-refractivity contribution is 0.653. The van der Waals surface area contributed by atoms with Gasteiger partial charge in [0.2, 0.25) is 5.71 Å². The smallest absolute Gasteiger partial charge is 0.246 e. The van der Waals surface area contributed by atoms with Gasteiger partial charge in [0, 0.05) is 38.5 Å². The zero-order valence-electron chi connectivity index (χ0n) is 29.5. The van der Waals surface area contributed by atoms with Crippen LogP contribution in [-0.2, 0) is 0 Å². The maximum atomic E-state index is 6.11. The van der Waals surface area contributed by atoms with Crippen molar-refractivity contribution in [2.75, 3.05) is 0 Å². The second-order valence-corrected chi connectivity index (χ2v) is 14.2. The summed E-state index contributed by atoms with van der Waals surface area (Å²) in [6.45, 7) is 0. The molecule has 0 aliphatic carbocycles. The molecule has 0 bridgehead atoms. The fourth-order valence-electron chi connectivity index (χ4n) is 8.66. The van der Waals surface area contributed by atoms with E-state index in [2.05, 4.69) is 179 Å². The van der Waals surface area contributed by atoms with Crippen LogP contribution in [0.15, 0.2) is 187 Å². The molecule has 256 valence electrons. The molecular weight excluding hydrogens is 673 g/mol. The third kappa shape index (κ3) is 4.47. The van der Waals surface area contributed by atoms with Gasteiger partial charge in [-0.15, -0.1) is 0 Å². The molecule has 0 saturated carbocycles. The molecule has 0 aliphatic rings. The van der Waals surface area contributed by atoms with Gasteiger partial charge in [-0.2, -0.15) is 0 Å². The van der Waals surface area contributed by atoms with Crippen molar-refractivity contribution < 1.29 is 4.42 Å². The van der Waals surface area contributed by atoms with Crippen LogP contribution < -0.4 is 0 Å². The fraction of sp³-hybridized carbons (Fsp3) is 0. The number of hydrogen-bond donors (Lipinski definition) is 0. The number of para-hydroxylation sites is 3. The van der Waals surface area contributed by atoms with Crippen LogP contribution in [0.5, 0.6) is 0 Å². The van der Waals surface area contributed by atoms with E-state index in [1.807, 2.05) is 6.07 Å². The summed E-state index contributed by atoms with van der Waals surface area (Å²) in [6.07, 6.45) is 1.81. The zero-order valence-corrected chi connectivity index (χ0v) is 29.5. The predicted octanol–water partition coefficient (Wildman–Crippen LogP) is 13.1. The summed E-state index contributed by atoms with van der Waals surface area (Å²) in [6, 6.07) is 62.8. The largest absolute Gasteiger partial charge is 0.436 e. The van der Waals surface area contributed by atoms with Crippen LogP contribution in [-0.4, -0.2) is 19.1 Å². The topological polar surface area (TPSA) is 48.8 Å². The molecule has 8 aromatic carbocycles. The van der Waals surface area contributed by atoms with Gasteiger partial charge in [-0.1, -0.05) is 109 Å². The van der Waals surface area contributed by atoms with E-state index in [1.165, 1.54) is 49.2 Å². The molecule has 0 amide bonds. The summed E-state index contributed by atoms with van der Waals surface area (Å²) in [5.74, 6) is 0. The molecule has 0 saturated heterocycles. The molecule has 5 heteroatoms. The number of nitrogens with zero attached hydrogens (tertiary/aromatic N) is 4. The van der Waals surface area contributed by atoms with Gasteiger partial charge in [0.1, 0.15) is 11.1 Å². The number of aromatic nitrogens is 4. The Kier molecular flexibility index (Phi) is 6.27. The van der Waals surface area contributed by atoms with E-state index in [0.717, 1.165) is 55.4 Å². The molecule has 4 heterocycles. The number of benzene rings is 8. The van der Waals surface area contributed by atoms with Crippen molar-refractivity contribution in [3.63, 3.8) is 0 Å². The Bertz CT molecular complexity index is 3480. The van der Waals surface area contributed by atoms with Crippen LogP contribution in [0.4, 0.5) is 0 Å². The Morgan fingerprint density at radius 1 is 0.418 bits per heavy atom. The van der Waals surface area contributed by atoms with E-state index in [0.29, 0.717) is 5.71 Å². The van der Waals surface area contributed by atoms with Crippen LogP contribution in [0.1, 0.15) is 0 Å². The van der Waals surface area contributed by atoms with Crippen LogP contribution >= 0.6 is 0 Å². The number of fused-ring (bicyclic) bond motifs is 11. The molecule has 0 unspecified atom stereocenters. The van der Waals surface area contributed by atoms with Crippen LogP contribution in [0.25, 0.3) is 110 Å². The van der Waals surface area contributed by atoms with Crippen molar-refractivity contribution in [3.05, 3.63) is 182 Å². The van der Waals surface area contributed by atoms with Gasteiger partial charge < -0.3 is 13.6 Å². The molecular formula is C50H30N4O. The van der Waals surface area contributed by atoms with E-state index in [9.17, 15) is 0 Å². The first kappa shape index (κ1) is 30.0. The Morgan fingerprint density at radius 2 is 0.964 bits per heavy atom. The first-order valence-corrected chi connectivity index (χ1v) is 18.6. The Labute approximate surface area is 315 Å². The maximum Gasteiger partial charge on any atom is 0.246 e. The highest BCUT2D eigenvalue weighted by molar-refractivity contribution is 6.17. The second-order valence-electron chi connectivity index (χ2n) is 14.2. The standard InChI is InChI=1S/C50H30N4O/c1-2-11-35(12-3-1)53-43-16-8-6-14-38(43)40-28-33(20-25-45(40)53)34-21-26-46-41(29-34)39-15-7-9-17-44(39)54(46)36-23-18-32(19-24-36)42-30-51-50-49(52-42)48-37-13-5-4-10-31(37)22-27-47(48)55-50/h1-30H. The normalized spacial score (nSPS) is 12.0. The van der Waals surface area contributed by atoms with Crippen molar-refractivity contribution >= 4 is 76.6 Å². The molecule has 4 aromatic heterocycles. The Hall–Kier alpha value is -7.50. The Balaban J connectivity index is 0.960. The summed E-state index contributed by atoms with van der Waals surface area (Å²) in [5, 5.41) is 8.22. The van der Waals surface area contributed by atoms with Crippen molar-refractivity contribution in [1.29, 1.82) is 0 Å². The van der Waals surface area contributed by atoms with Gasteiger partial charge in [0.15, 0.2) is 0 Å². The first-order valence-electron chi connectivity index (χ1n) is 18.6. The highest BCUT2D eigenvalue weighted by atomic mass is 16.3. The first-order chi connectivity index (χ1) is 27.3. The van der Waals surface area contributed by atoms with Gasteiger partial charge in [-0.3, -0.25) is 0 Å². The number of furan rings is 1. The number of rotatable bonds is 4. The molecule has 12 rings (SSSR count). The summed E-state index contributed by atoms with van der Waals surface area (Å²) < 4.78 is 10.8. The van der Waals surface area contributed by atoms with Crippen LogP contribution in [0.2, 0.25) is 0 Å². The van der Waals surface area contributed by atoms with Crippen molar-refractivity contribution in [1.82, 2.24) is 19.1 Å².